The van der Waals surface area contributed by atoms with Gasteiger partial charge in [-0.3, -0.25) is 0 Å². The molecule has 0 saturated carbocycles. The Hall–Kier alpha value is -5.47. The lowest BCUT2D eigenvalue weighted by Crippen LogP contribution is -2.58. The normalized spacial score (nSPS) is 14.6. The summed E-state index contributed by atoms with van der Waals surface area (Å²) in [5.41, 5.74) is 18.7. The smallest absolute Gasteiger partial charge is 0.252 e. The van der Waals surface area contributed by atoms with Crippen LogP contribution in [0.2, 0.25) is 0 Å². The van der Waals surface area contributed by atoms with Crippen LogP contribution < -0.4 is 42.3 Å². The van der Waals surface area contributed by atoms with E-state index in [1.807, 2.05) is 0 Å². The summed E-state index contributed by atoms with van der Waals surface area (Å²) in [6, 6.07) is 37.6. The van der Waals surface area contributed by atoms with Crippen molar-refractivity contribution in [1.29, 1.82) is 0 Å². The highest BCUT2D eigenvalue weighted by molar-refractivity contribution is 7.01. The topological polar surface area (TPSA) is 18.5 Å². The molecule has 12 rings (SSSR count). The van der Waals surface area contributed by atoms with Gasteiger partial charge < -0.3 is 9.47 Å². The van der Waals surface area contributed by atoms with Crippen molar-refractivity contribution in [1.82, 2.24) is 0 Å². The highest BCUT2D eigenvalue weighted by atomic mass is 16.5. The number of benzene rings is 8. The van der Waals surface area contributed by atoms with Crippen molar-refractivity contribution in [3.05, 3.63) is 119 Å². The first-order valence-electron chi connectivity index (χ1n) is 21.5. The molecule has 0 atom stereocenters. The third kappa shape index (κ3) is 4.36. The standard InChI is InChI=1S/C54H48B2O2/c1-27(2)31-23-33-37-19-29(53(5,6)7)21-45-51(37)56(40-16-12-14-18-44(40)57-45)42-26-36-32(28(3)4)24-34-38-20-30(54(8,9)10)22-46-52(38)55(39-15-11-13-17-43(39)58-46)41-25-35(31)49(47(33)42)50(36)48(34)41/h11-28H,1-10H3. The largest absolute Gasteiger partial charge is 0.458 e. The molecule has 4 heteroatoms. The summed E-state index contributed by atoms with van der Waals surface area (Å²) in [4.78, 5) is 0. The number of para-hydroxylation sites is 2. The molecule has 0 bridgehead atoms. The molecule has 0 aromatic heterocycles. The van der Waals surface area contributed by atoms with Gasteiger partial charge in [0.15, 0.2) is 0 Å². The van der Waals surface area contributed by atoms with E-state index >= 15 is 0 Å². The van der Waals surface area contributed by atoms with E-state index < -0.39 is 0 Å². The predicted molar refractivity (Wildman–Crippen MR) is 249 cm³/mol. The summed E-state index contributed by atoms with van der Waals surface area (Å²) >= 11 is 0. The third-order valence-corrected chi connectivity index (χ3v) is 14.2. The summed E-state index contributed by atoms with van der Waals surface area (Å²) in [6.07, 6.45) is 0. The minimum Gasteiger partial charge on any atom is -0.458 e. The van der Waals surface area contributed by atoms with Crippen molar-refractivity contribution in [3.8, 4) is 45.3 Å². The molecule has 8 aromatic rings. The first kappa shape index (κ1) is 34.6. The summed E-state index contributed by atoms with van der Waals surface area (Å²) in [6.45, 7) is 23.6. The van der Waals surface area contributed by atoms with E-state index in [9.17, 15) is 0 Å². The van der Waals surface area contributed by atoms with Gasteiger partial charge in [0.05, 0.1) is 0 Å². The lowest BCUT2D eigenvalue weighted by molar-refractivity contribution is 0.483. The van der Waals surface area contributed by atoms with Gasteiger partial charge in [-0.25, -0.2) is 0 Å². The minimum absolute atomic E-state index is 0.0442. The molecule has 0 aliphatic carbocycles. The number of fused-ring (bicyclic) bond motifs is 8. The van der Waals surface area contributed by atoms with Gasteiger partial charge in [0.2, 0.25) is 0 Å². The summed E-state index contributed by atoms with van der Waals surface area (Å²) in [5.74, 6) is 4.58. The quantitative estimate of drug-likeness (QED) is 0.129. The van der Waals surface area contributed by atoms with Gasteiger partial charge in [-0.15, -0.1) is 0 Å². The summed E-state index contributed by atoms with van der Waals surface area (Å²) in [7, 11) is 0. The Balaban J connectivity index is 1.32. The summed E-state index contributed by atoms with van der Waals surface area (Å²) in [5, 5.41) is 8.49. The van der Waals surface area contributed by atoms with Gasteiger partial charge in [0, 0.05) is 0 Å². The van der Waals surface area contributed by atoms with Crippen molar-refractivity contribution in [2.24, 2.45) is 0 Å². The maximum atomic E-state index is 6.92. The average Bonchev–Trinajstić information content (AvgIpc) is 3.18. The zero-order valence-electron chi connectivity index (χ0n) is 35.4. The molecule has 8 aromatic carbocycles. The van der Waals surface area contributed by atoms with Crippen molar-refractivity contribution in [3.63, 3.8) is 0 Å². The monoisotopic (exact) mass is 750 g/mol. The maximum absolute atomic E-state index is 6.92. The van der Waals surface area contributed by atoms with E-state index in [0.29, 0.717) is 11.8 Å². The Morgan fingerprint density at radius 1 is 0.414 bits per heavy atom. The van der Waals surface area contributed by atoms with Crippen LogP contribution in [0.25, 0.3) is 54.6 Å². The van der Waals surface area contributed by atoms with Crippen molar-refractivity contribution in [2.75, 3.05) is 0 Å². The molecule has 282 valence electrons. The molecule has 0 spiro atoms. The number of hydrogen-bond donors (Lipinski definition) is 0. The van der Waals surface area contributed by atoms with E-state index in [1.165, 1.54) is 110 Å². The van der Waals surface area contributed by atoms with Crippen LogP contribution in [-0.2, 0) is 10.8 Å². The SMILES string of the molecule is CC(C)c1cc2c3c(cc4c(C(C)C)cc5c6c(cc1c3c46)B1c3ccccc3Oc3cc(C(C)(C)C)cc-5c31)B1c3ccccc3Oc3cc(C(C)(C)C)cc-2c31. The van der Waals surface area contributed by atoms with Gasteiger partial charge >= 0.3 is 0 Å². The van der Waals surface area contributed by atoms with Crippen LogP contribution in [-0.4, -0.2) is 13.4 Å². The Labute approximate surface area is 343 Å². The second-order valence-corrected chi connectivity index (χ2v) is 20.4. The molecule has 4 aliphatic heterocycles. The van der Waals surface area contributed by atoms with Crippen LogP contribution in [0.5, 0.6) is 23.0 Å². The first-order chi connectivity index (χ1) is 27.7. The number of hydrogen-bond acceptors (Lipinski definition) is 2. The molecule has 0 fully saturated rings. The van der Waals surface area contributed by atoms with Crippen LogP contribution in [0.1, 0.15) is 103 Å². The zero-order chi connectivity index (χ0) is 39.9. The van der Waals surface area contributed by atoms with Gasteiger partial charge in [-0.05, 0) is 158 Å². The second kappa shape index (κ2) is 11.2. The van der Waals surface area contributed by atoms with Gasteiger partial charge in [0.25, 0.3) is 13.4 Å². The predicted octanol–water partition coefficient (Wildman–Crippen LogP) is 10.6. The Morgan fingerprint density at radius 3 is 1.19 bits per heavy atom. The second-order valence-electron chi connectivity index (χ2n) is 20.4. The van der Waals surface area contributed by atoms with Crippen LogP contribution in [0.15, 0.2) is 97.1 Å². The molecule has 0 saturated heterocycles. The van der Waals surface area contributed by atoms with Crippen LogP contribution in [0, 0.1) is 0 Å². The fourth-order valence-electron chi connectivity index (χ4n) is 11.3. The van der Waals surface area contributed by atoms with Crippen LogP contribution >= 0.6 is 0 Å². The molecule has 0 N–H and O–H groups in total. The molecule has 4 aliphatic rings. The third-order valence-electron chi connectivity index (χ3n) is 14.2. The fourth-order valence-corrected chi connectivity index (χ4v) is 11.3. The molecular weight excluding hydrogens is 702 g/mol. The first-order valence-corrected chi connectivity index (χ1v) is 21.5. The number of rotatable bonds is 2. The average molecular weight is 751 g/mol. The van der Waals surface area contributed by atoms with E-state index in [0.717, 1.165) is 23.0 Å². The van der Waals surface area contributed by atoms with E-state index in [4.69, 9.17) is 9.47 Å². The highest BCUT2D eigenvalue weighted by Gasteiger charge is 2.45. The van der Waals surface area contributed by atoms with Crippen molar-refractivity contribution in [2.45, 2.75) is 91.9 Å². The van der Waals surface area contributed by atoms with E-state index in [2.05, 4.69) is 166 Å². The Kier molecular flexibility index (Phi) is 6.66. The van der Waals surface area contributed by atoms with Crippen LogP contribution in [0.3, 0.4) is 0 Å². The fraction of sp³-hybridized carbons (Fsp3) is 0.259. The molecular formula is C54H48B2O2. The zero-order valence-corrected chi connectivity index (χ0v) is 35.4. The molecule has 0 amide bonds. The number of ether oxygens (including phenoxy) is 2. The lowest BCUT2D eigenvalue weighted by Gasteiger charge is -2.38. The van der Waals surface area contributed by atoms with E-state index in [-0.39, 0.29) is 24.3 Å². The molecule has 0 radical (unpaired) electrons. The summed E-state index contributed by atoms with van der Waals surface area (Å²) < 4.78 is 13.8. The van der Waals surface area contributed by atoms with Crippen molar-refractivity contribution >= 4 is 78.5 Å². The minimum atomic E-state index is -0.0442. The molecule has 4 heterocycles. The van der Waals surface area contributed by atoms with Crippen molar-refractivity contribution < 1.29 is 9.47 Å². The highest BCUT2D eigenvalue weighted by Crippen LogP contribution is 2.50. The molecule has 2 nitrogen and oxygen atoms in total. The lowest BCUT2D eigenvalue weighted by atomic mass is 9.31. The Bertz CT molecular complexity index is 2940. The van der Waals surface area contributed by atoms with E-state index in [1.54, 1.807) is 0 Å². The van der Waals surface area contributed by atoms with Crippen LogP contribution in [0.4, 0.5) is 0 Å². The Morgan fingerprint density at radius 2 is 0.810 bits per heavy atom. The molecule has 58 heavy (non-hydrogen) atoms. The van der Waals surface area contributed by atoms with Gasteiger partial charge in [-0.1, -0.05) is 141 Å². The van der Waals surface area contributed by atoms with Gasteiger partial charge in [0.1, 0.15) is 23.0 Å². The molecule has 0 unspecified atom stereocenters. The maximum Gasteiger partial charge on any atom is 0.252 e. The van der Waals surface area contributed by atoms with Gasteiger partial charge in [-0.2, -0.15) is 0 Å².